The number of benzene rings is 10. The first kappa shape index (κ1) is 34.9. The predicted molar refractivity (Wildman–Crippen MR) is 264 cm³/mol. The van der Waals surface area contributed by atoms with Crippen LogP contribution in [0.4, 0.5) is 17.1 Å². The van der Waals surface area contributed by atoms with E-state index in [2.05, 4.69) is 228 Å². The molecule has 0 spiro atoms. The zero-order valence-electron chi connectivity index (χ0n) is 33.5. The number of thiophene rings is 1. The first-order chi connectivity index (χ1) is 30.8. The van der Waals surface area contributed by atoms with Gasteiger partial charge in [-0.2, -0.15) is 0 Å². The van der Waals surface area contributed by atoms with Gasteiger partial charge < -0.3 is 13.9 Å². The van der Waals surface area contributed by atoms with Gasteiger partial charge in [-0.15, -0.1) is 11.3 Å². The van der Waals surface area contributed by atoms with E-state index < -0.39 is 0 Å². The summed E-state index contributed by atoms with van der Waals surface area (Å²) in [5.74, 6) is 0. The Hall–Kier alpha value is -7.92. The molecule has 0 fully saturated rings. The summed E-state index contributed by atoms with van der Waals surface area (Å²) in [5, 5.41) is 9.59. The van der Waals surface area contributed by atoms with Gasteiger partial charge in [0.2, 0.25) is 0 Å². The molecule has 13 rings (SSSR count). The minimum atomic E-state index is 0.882. The van der Waals surface area contributed by atoms with Crippen LogP contribution in [0, 0.1) is 0 Å². The number of hydrogen-bond acceptors (Lipinski definition) is 3. The Labute approximate surface area is 361 Å². The topological polar surface area (TPSA) is 21.3 Å². The Morgan fingerprint density at radius 1 is 0.403 bits per heavy atom. The van der Waals surface area contributed by atoms with E-state index in [1.807, 2.05) is 11.3 Å². The van der Waals surface area contributed by atoms with Crippen LogP contribution in [-0.2, 0) is 0 Å². The van der Waals surface area contributed by atoms with Gasteiger partial charge >= 0.3 is 0 Å². The number of nitrogens with zero attached hydrogens (tertiary/aromatic N) is 2. The van der Waals surface area contributed by atoms with E-state index in [9.17, 15) is 0 Å². The Morgan fingerprint density at radius 2 is 1.03 bits per heavy atom. The minimum absolute atomic E-state index is 0.882. The highest BCUT2D eigenvalue weighted by atomic mass is 32.1. The molecule has 3 nitrogen and oxygen atoms in total. The largest absolute Gasteiger partial charge is 0.455 e. The zero-order chi connectivity index (χ0) is 40.7. The molecule has 0 aliphatic rings. The average Bonchev–Trinajstić information content (AvgIpc) is 4.02. The maximum atomic E-state index is 6.70. The van der Waals surface area contributed by atoms with Crippen molar-refractivity contribution in [1.29, 1.82) is 0 Å². The van der Waals surface area contributed by atoms with Gasteiger partial charge in [0.25, 0.3) is 0 Å². The molecule has 0 N–H and O–H groups in total. The smallest absolute Gasteiger partial charge is 0.143 e. The number of para-hydroxylation sites is 4. The van der Waals surface area contributed by atoms with Crippen LogP contribution in [0.1, 0.15) is 0 Å². The third-order valence-electron chi connectivity index (χ3n) is 12.6. The van der Waals surface area contributed by atoms with E-state index in [1.165, 1.54) is 52.9 Å². The number of anilines is 3. The lowest BCUT2D eigenvalue weighted by Gasteiger charge is -2.28. The number of rotatable bonds is 6. The van der Waals surface area contributed by atoms with Crippen molar-refractivity contribution in [3.63, 3.8) is 0 Å². The third-order valence-corrected chi connectivity index (χ3v) is 13.8. The van der Waals surface area contributed by atoms with Crippen LogP contribution in [-0.4, -0.2) is 4.57 Å². The molecular formula is C58H36N2OS. The van der Waals surface area contributed by atoms with Gasteiger partial charge in [0.05, 0.1) is 22.4 Å². The second kappa shape index (κ2) is 13.8. The van der Waals surface area contributed by atoms with Gasteiger partial charge in [0.15, 0.2) is 0 Å². The Bertz CT molecular complexity index is 3830. The molecule has 0 aliphatic heterocycles. The molecule has 62 heavy (non-hydrogen) atoms. The molecule has 0 atom stereocenters. The summed E-state index contributed by atoms with van der Waals surface area (Å²) in [7, 11) is 0. The summed E-state index contributed by atoms with van der Waals surface area (Å²) in [6.07, 6.45) is 0. The van der Waals surface area contributed by atoms with Crippen molar-refractivity contribution in [2.75, 3.05) is 4.90 Å². The summed E-state index contributed by atoms with van der Waals surface area (Å²) in [6.45, 7) is 0. The molecule has 3 heterocycles. The lowest BCUT2D eigenvalue weighted by molar-refractivity contribution is 0.673. The van der Waals surface area contributed by atoms with E-state index >= 15 is 0 Å². The summed E-state index contributed by atoms with van der Waals surface area (Å²) in [5.41, 5.74) is 13.2. The molecule has 0 amide bonds. The molecule has 3 aromatic heterocycles. The minimum Gasteiger partial charge on any atom is -0.455 e. The fourth-order valence-corrected chi connectivity index (χ4v) is 10.9. The maximum Gasteiger partial charge on any atom is 0.143 e. The fourth-order valence-electron chi connectivity index (χ4n) is 9.84. The normalized spacial score (nSPS) is 11.9. The molecule has 13 aromatic rings. The highest BCUT2D eigenvalue weighted by Gasteiger charge is 2.22. The molecular weight excluding hydrogens is 773 g/mol. The van der Waals surface area contributed by atoms with Gasteiger partial charge in [-0.25, -0.2) is 0 Å². The standard InChI is InChI=1S/C58H36N2OS/c1-2-16-42-37(14-1)30-34-48-57-47(21-13-26-54(57)61-58(42)48)45-19-6-9-23-51(45)59(40-33-35-56-49(36-40)46-20-7-12-27-55(46)62-56)39-31-28-38(29-32-39)41-15-3-8-22-50(41)60-52-24-10-4-17-43(52)44-18-5-11-25-53(44)60/h1-36H. The highest BCUT2D eigenvalue weighted by molar-refractivity contribution is 7.25. The van der Waals surface area contributed by atoms with Crippen LogP contribution in [0.15, 0.2) is 223 Å². The highest BCUT2D eigenvalue weighted by Crippen LogP contribution is 2.47. The van der Waals surface area contributed by atoms with Crippen LogP contribution in [0.25, 0.3) is 103 Å². The van der Waals surface area contributed by atoms with Crippen LogP contribution < -0.4 is 4.90 Å². The van der Waals surface area contributed by atoms with E-state index in [1.54, 1.807) is 0 Å². The van der Waals surface area contributed by atoms with Gasteiger partial charge in [-0.3, -0.25) is 0 Å². The molecule has 0 radical (unpaired) electrons. The second-order valence-corrected chi connectivity index (χ2v) is 17.1. The SMILES string of the molecule is c1ccc(N(c2ccc(-c3ccccc3-n3c4ccccc4c4ccccc43)cc2)c2ccc3sc4ccccc4c3c2)c(-c2cccc3oc4c5ccccc5ccc4c23)c1. The maximum absolute atomic E-state index is 6.70. The Balaban J connectivity index is 1.01. The van der Waals surface area contributed by atoms with Crippen molar-refractivity contribution in [3.05, 3.63) is 218 Å². The number of fused-ring (bicyclic) bond motifs is 11. The van der Waals surface area contributed by atoms with E-state index in [0.29, 0.717) is 0 Å². The van der Waals surface area contributed by atoms with Crippen LogP contribution in [0.3, 0.4) is 0 Å². The molecule has 4 heteroatoms. The molecule has 0 unspecified atom stereocenters. The first-order valence-electron chi connectivity index (χ1n) is 21.1. The van der Waals surface area contributed by atoms with Gasteiger partial charge in [-0.05, 0) is 89.3 Å². The molecule has 290 valence electrons. The number of hydrogen-bond donors (Lipinski definition) is 0. The monoisotopic (exact) mass is 808 g/mol. The zero-order valence-corrected chi connectivity index (χ0v) is 34.3. The number of furan rings is 1. The summed E-state index contributed by atoms with van der Waals surface area (Å²) < 4.78 is 11.7. The molecule has 0 bridgehead atoms. The summed E-state index contributed by atoms with van der Waals surface area (Å²) >= 11 is 1.85. The second-order valence-electron chi connectivity index (χ2n) is 16.0. The van der Waals surface area contributed by atoms with Crippen molar-refractivity contribution in [3.8, 4) is 27.9 Å². The first-order valence-corrected chi connectivity index (χ1v) is 21.9. The van der Waals surface area contributed by atoms with Gasteiger partial charge in [-0.1, -0.05) is 146 Å². The molecule has 0 saturated carbocycles. The van der Waals surface area contributed by atoms with Crippen molar-refractivity contribution >= 4 is 103 Å². The lowest BCUT2D eigenvalue weighted by atomic mass is 9.96. The van der Waals surface area contributed by atoms with Crippen LogP contribution in [0.5, 0.6) is 0 Å². The fraction of sp³-hybridized carbons (Fsp3) is 0. The average molecular weight is 809 g/mol. The van der Waals surface area contributed by atoms with Crippen molar-refractivity contribution in [2.45, 2.75) is 0 Å². The Morgan fingerprint density at radius 3 is 1.85 bits per heavy atom. The van der Waals surface area contributed by atoms with Crippen LogP contribution >= 0.6 is 11.3 Å². The molecule has 0 saturated heterocycles. The van der Waals surface area contributed by atoms with E-state index in [-0.39, 0.29) is 0 Å². The third kappa shape index (κ3) is 5.30. The summed E-state index contributed by atoms with van der Waals surface area (Å²) in [4.78, 5) is 2.43. The van der Waals surface area contributed by atoms with Crippen molar-refractivity contribution in [2.24, 2.45) is 0 Å². The molecule has 0 aliphatic carbocycles. The quantitative estimate of drug-likeness (QED) is 0.167. The van der Waals surface area contributed by atoms with Gasteiger partial charge in [0, 0.05) is 69.6 Å². The van der Waals surface area contributed by atoms with Crippen molar-refractivity contribution in [1.82, 2.24) is 4.57 Å². The van der Waals surface area contributed by atoms with E-state index in [0.717, 1.165) is 66.8 Å². The van der Waals surface area contributed by atoms with Gasteiger partial charge in [0.1, 0.15) is 11.2 Å². The predicted octanol–water partition coefficient (Wildman–Crippen LogP) is 17.0. The Kier molecular flexibility index (Phi) is 7.78. The summed E-state index contributed by atoms with van der Waals surface area (Å²) in [6, 6.07) is 79.2. The lowest BCUT2D eigenvalue weighted by Crippen LogP contribution is -2.11. The van der Waals surface area contributed by atoms with Crippen molar-refractivity contribution < 1.29 is 4.42 Å². The number of aromatic nitrogens is 1. The van der Waals surface area contributed by atoms with Crippen LogP contribution in [0.2, 0.25) is 0 Å². The van der Waals surface area contributed by atoms with E-state index in [4.69, 9.17) is 4.42 Å². The molecule has 10 aromatic carbocycles.